The molecule has 0 bridgehead atoms. The second-order valence-corrected chi connectivity index (χ2v) is 5.19. The molecule has 0 aliphatic rings. The lowest BCUT2D eigenvalue weighted by molar-refractivity contribution is 0.416. The largest absolute Gasteiger partial charge is 0.496 e. The van der Waals surface area contributed by atoms with Crippen LogP contribution < -0.4 is 10.5 Å². The molecule has 0 fully saturated rings. The van der Waals surface area contributed by atoms with E-state index in [1.807, 2.05) is 28.7 Å². The lowest BCUT2D eigenvalue weighted by Gasteiger charge is -2.09. The first-order valence-corrected chi connectivity index (χ1v) is 6.39. The number of benzene rings is 1. The van der Waals surface area contributed by atoms with Crippen LogP contribution in [0.2, 0.25) is 0 Å². The molecule has 2 heterocycles. The lowest BCUT2D eigenvalue weighted by Crippen LogP contribution is -1.96. The molecular formula is C13H13N3OS. The molecule has 0 saturated heterocycles. The number of aromatic nitrogens is 2. The highest BCUT2D eigenvalue weighted by Crippen LogP contribution is 2.37. The summed E-state index contributed by atoms with van der Waals surface area (Å²) in [6.45, 7) is 2.07. The van der Waals surface area contributed by atoms with Gasteiger partial charge in [-0.1, -0.05) is 12.1 Å². The number of ether oxygens (including phenoxy) is 1. The van der Waals surface area contributed by atoms with E-state index in [1.165, 1.54) is 4.88 Å². The molecule has 0 radical (unpaired) electrons. The molecule has 0 saturated carbocycles. The lowest BCUT2D eigenvalue weighted by atomic mass is 10.1. The maximum absolute atomic E-state index is 5.99. The fourth-order valence-corrected chi connectivity index (χ4v) is 3.10. The van der Waals surface area contributed by atoms with Crippen molar-refractivity contribution in [3.05, 3.63) is 35.3 Å². The monoisotopic (exact) mass is 259 g/mol. The number of aryl methyl sites for hydroxylation is 1. The zero-order chi connectivity index (χ0) is 12.7. The van der Waals surface area contributed by atoms with E-state index < -0.39 is 0 Å². The van der Waals surface area contributed by atoms with Gasteiger partial charge >= 0.3 is 0 Å². The van der Waals surface area contributed by atoms with Crippen LogP contribution in [0.1, 0.15) is 4.88 Å². The molecule has 4 nitrogen and oxygen atoms in total. The van der Waals surface area contributed by atoms with Crippen molar-refractivity contribution in [3.8, 4) is 17.0 Å². The molecule has 0 unspecified atom stereocenters. The molecule has 5 heteroatoms. The van der Waals surface area contributed by atoms with Crippen LogP contribution in [-0.2, 0) is 0 Å². The first kappa shape index (κ1) is 11.1. The summed E-state index contributed by atoms with van der Waals surface area (Å²) in [7, 11) is 1.68. The van der Waals surface area contributed by atoms with Gasteiger partial charge in [0.05, 0.1) is 19.0 Å². The summed E-state index contributed by atoms with van der Waals surface area (Å²) in [4.78, 5) is 6.38. The molecule has 1 aromatic carbocycles. The molecule has 0 amide bonds. The number of rotatable bonds is 2. The molecule has 2 aromatic heterocycles. The van der Waals surface area contributed by atoms with E-state index in [4.69, 9.17) is 10.5 Å². The van der Waals surface area contributed by atoms with E-state index in [9.17, 15) is 0 Å². The van der Waals surface area contributed by atoms with Crippen molar-refractivity contribution in [3.63, 3.8) is 0 Å². The van der Waals surface area contributed by atoms with Gasteiger partial charge < -0.3 is 10.5 Å². The highest BCUT2D eigenvalue weighted by Gasteiger charge is 2.16. The number of nitrogens with two attached hydrogens (primary N) is 1. The van der Waals surface area contributed by atoms with Crippen LogP contribution in [0.15, 0.2) is 30.5 Å². The molecule has 92 valence electrons. The molecule has 3 aromatic rings. The third-order valence-electron chi connectivity index (χ3n) is 2.92. The maximum Gasteiger partial charge on any atom is 0.196 e. The van der Waals surface area contributed by atoms with Crippen molar-refractivity contribution in [1.82, 2.24) is 9.38 Å². The molecule has 0 spiro atoms. The normalized spacial score (nSPS) is 11.0. The Hall–Kier alpha value is -2.01. The van der Waals surface area contributed by atoms with Gasteiger partial charge in [-0.25, -0.2) is 4.98 Å². The van der Waals surface area contributed by atoms with Crippen molar-refractivity contribution in [1.29, 1.82) is 0 Å². The number of anilines is 1. The molecule has 0 atom stereocenters. The topological polar surface area (TPSA) is 52.5 Å². The van der Waals surface area contributed by atoms with Crippen LogP contribution in [0.25, 0.3) is 16.2 Å². The highest BCUT2D eigenvalue weighted by molar-refractivity contribution is 7.17. The first-order valence-electron chi connectivity index (χ1n) is 5.58. The fourth-order valence-electron chi connectivity index (χ4n) is 2.14. The minimum atomic E-state index is 0.648. The van der Waals surface area contributed by atoms with E-state index >= 15 is 0 Å². The SMILES string of the molecule is COc1ccccc1-c1c(C)sc2ncc(N)n12. The Morgan fingerprint density at radius 3 is 2.89 bits per heavy atom. The molecule has 3 rings (SSSR count). The number of nitrogen functional groups attached to an aromatic ring is 1. The fraction of sp³-hybridized carbons (Fsp3) is 0.154. The van der Waals surface area contributed by atoms with Crippen molar-refractivity contribution >= 4 is 22.1 Å². The van der Waals surface area contributed by atoms with Gasteiger partial charge in [0.1, 0.15) is 11.6 Å². The Morgan fingerprint density at radius 1 is 1.33 bits per heavy atom. The third kappa shape index (κ3) is 1.48. The van der Waals surface area contributed by atoms with Crippen LogP contribution in [0, 0.1) is 6.92 Å². The molecular weight excluding hydrogens is 246 g/mol. The van der Waals surface area contributed by atoms with E-state index in [0.29, 0.717) is 5.82 Å². The van der Waals surface area contributed by atoms with E-state index in [1.54, 1.807) is 24.6 Å². The van der Waals surface area contributed by atoms with E-state index in [-0.39, 0.29) is 0 Å². The zero-order valence-corrected chi connectivity index (χ0v) is 11.0. The second-order valence-electron chi connectivity index (χ2n) is 4.01. The summed E-state index contributed by atoms with van der Waals surface area (Å²) in [5, 5.41) is 0. The number of imidazole rings is 1. The summed E-state index contributed by atoms with van der Waals surface area (Å²) >= 11 is 1.63. The van der Waals surface area contributed by atoms with Gasteiger partial charge in [0.2, 0.25) is 0 Å². The van der Waals surface area contributed by atoms with Gasteiger partial charge in [-0.15, -0.1) is 11.3 Å². The summed E-state index contributed by atoms with van der Waals surface area (Å²) < 4.78 is 7.39. The number of fused-ring (bicyclic) bond motifs is 1. The second kappa shape index (κ2) is 4.03. The number of thiazole rings is 1. The Labute approximate surface area is 109 Å². The van der Waals surface area contributed by atoms with E-state index in [0.717, 1.165) is 22.0 Å². The van der Waals surface area contributed by atoms with Crippen LogP contribution in [0.3, 0.4) is 0 Å². The van der Waals surface area contributed by atoms with Crippen molar-refractivity contribution in [2.45, 2.75) is 6.92 Å². The smallest absolute Gasteiger partial charge is 0.196 e. The maximum atomic E-state index is 5.99. The first-order chi connectivity index (χ1) is 8.72. The Kier molecular flexibility index (Phi) is 2.48. The average Bonchev–Trinajstić information content (AvgIpc) is 2.89. The molecule has 0 aliphatic heterocycles. The van der Waals surface area contributed by atoms with Gasteiger partial charge in [0.25, 0.3) is 0 Å². The molecule has 18 heavy (non-hydrogen) atoms. The van der Waals surface area contributed by atoms with Crippen molar-refractivity contribution in [2.75, 3.05) is 12.8 Å². The molecule has 0 aliphatic carbocycles. The van der Waals surface area contributed by atoms with Crippen LogP contribution in [0.5, 0.6) is 5.75 Å². The minimum Gasteiger partial charge on any atom is -0.496 e. The standard InChI is InChI=1S/C13H13N3OS/c1-8-12(9-5-3-4-6-10(9)17-2)16-11(14)7-15-13(16)18-8/h3-7H,14H2,1-2H3. The predicted molar refractivity (Wildman–Crippen MR) is 74.2 cm³/mol. The number of hydrogen-bond donors (Lipinski definition) is 1. The van der Waals surface area contributed by atoms with Crippen molar-refractivity contribution < 1.29 is 4.74 Å². The van der Waals surface area contributed by atoms with E-state index in [2.05, 4.69) is 11.9 Å². The summed E-state index contributed by atoms with van der Waals surface area (Å²) in [5.74, 6) is 1.49. The zero-order valence-electron chi connectivity index (χ0n) is 10.2. The minimum absolute atomic E-state index is 0.648. The Bertz CT molecular complexity index is 714. The van der Waals surface area contributed by atoms with Gasteiger partial charge in [0, 0.05) is 10.4 Å². The number of hydrogen-bond acceptors (Lipinski definition) is 4. The number of nitrogens with zero attached hydrogens (tertiary/aromatic N) is 2. The Morgan fingerprint density at radius 2 is 2.11 bits per heavy atom. The summed E-state index contributed by atoms with van der Waals surface area (Å²) in [5.41, 5.74) is 8.08. The third-order valence-corrected chi connectivity index (χ3v) is 3.89. The van der Waals surface area contributed by atoms with Gasteiger partial charge in [-0.05, 0) is 19.1 Å². The number of methoxy groups -OCH3 is 1. The van der Waals surface area contributed by atoms with Gasteiger partial charge in [0.15, 0.2) is 4.96 Å². The average molecular weight is 259 g/mol. The van der Waals surface area contributed by atoms with Crippen LogP contribution >= 0.6 is 11.3 Å². The Balaban J connectivity index is 2.37. The predicted octanol–water partition coefficient (Wildman–Crippen LogP) is 2.96. The number of para-hydroxylation sites is 1. The quantitative estimate of drug-likeness (QED) is 0.769. The van der Waals surface area contributed by atoms with Crippen molar-refractivity contribution in [2.24, 2.45) is 0 Å². The summed E-state index contributed by atoms with van der Waals surface area (Å²) in [6.07, 6.45) is 1.68. The van der Waals surface area contributed by atoms with Crippen LogP contribution in [-0.4, -0.2) is 16.5 Å². The molecule has 2 N–H and O–H groups in total. The van der Waals surface area contributed by atoms with Crippen LogP contribution in [0.4, 0.5) is 5.82 Å². The highest BCUT2D eigenvalue weighted by atomic mass is 32.1. The summed E-state index contributed by atoms with van der Waals surface area (Å²) in [6, 6.07) is 7.94. The van der Waals surface area contributed by atoms with Gasteiger partial charge in [-0.3, -0.25) is 4.40 Å². The van der Waals surface area contributed by atoms with Gasteiger partial charge in [-0.2, -0.15) is 0 Å².